The van der Waals surface area contributed by atoms with Crippen LogP contribution in [0.1, 0.15) is 6.42 Å². The summed E-state index contributed by atoms with van der Waals surface area (Å²) in [5, 5.41) is 8.63. The quantitative estimate of drug-likeness (QED) is 0.731. The van der Waals surface area contributed by atoms with Gasteiger partial charge in [0.15, 0.2) is 0 Å². The molecule has 2 aliphatic rings. The molecule has 0 unspecified atom stereocenters. The molecule has 0 atom stereocenters. The van der Waals surface area contributed by atoms with Crippen LogP contribution < -0.4 is 0 Å². The number of hydrogen-bond acceptors (Lipinski definition) is 2. The van der Waals surface area contributed by atoms with Crippen molar-refractivity contribution in [2.75, 3.05) is 0 Å². The summed E-state index contributed by atoms with van der Waals surface area (Å²) in [6.45, 7) is 3.74. The maximum absolute atomic E-state index is 8.63. The van der Waals surface area contributed by atoms with Gasteiger partial charge in [0.05, 0.1) is 0 Å². The van der Waals surface area contributed by atoms with Gasteiger partial charge in [0.1, 0.15) is 17.3 Å². The third-order valence-electron chi connectivity index (χ3n) is 2.37. The zero-order chi connectivity index (χ0) is 12.1. The van der Waals surface area contributed by atoms with Crippen molar-refractivity contribution >= 4 is 0 Å². The Labute approximate surface area is 101 Å². The highest BCUT2D eigenvalue weighted by Crippen LogP contribution is 2.28. The molecule has 2 nitrogen and oxygen atoms in total. The predicted molar refractivity (Wildman–Crippen MR) is 68.3 cm³/mol. The molecule has 1 aromatic carbocycles. The van der Waals surface area contributed by atoms with E-state index in [0.717, 1.165) is 17.9 Å². The summed E-state index contributed by atoms with van der Waals surface area (Å²) in [5.41, 5.74) is 1.19. The summed E-state index contributed by atoms with van der Waals surface area (Å²) < 4.78 is 5.35. The molecule has 1 heterocycles. The number of rotatable bonds is 0. The number of fused-ring (bicyclic) bond motifs is 1. The minimum atomic E-state index is 0.322. The molecule has 86 valence electrons. The molecule has 1 N–H and O–H groups in total. The minimum absolute atomic E-state index is 0.322. The fraction of sp³-hybridized carbons (Fsp3) is 0.0667. The molecule has 0 saturated carbocycles. The molecule has 0 fully saturated rings. The van der Waals surface area contributed by atoms with Crippen LogP contribution in [0.5, 0.6) is 5.75 Å². The van der Waals surface area contributed by atoms with Crippen LogP contribution in [-0.2, 0) is 4.74 Å². The minimum Gasteiger partial charge on any atom is -0.508 e. The number of ether oxygens (including phenoxy) is 1. The molecule has 0 radical (unpaired) electrons. The van der Waals surface area contributed by atoms with Crippen molar-refractivity contribution in [1.29, 1.82) is 0 Å². The number of aromatic hydroxyl groups is 1. The highest BCUT2D eigenvalue weighted by atomic mass is 16.5. The normalized spacial score (nSPS) is 16.1. The lowest BCUT2D eigenvalue weighted by atomic mass is 10.1. The summed E-state index contributed by atoms with van der Waals surface area (Å²) in [7, 11) is 0. The summed E-state index contributed by atoms with van der Waals surface area (Å²) in [4.78, 5) is 0. The van der Waals surface area contributed by atoms with E-state index in [2.05, 4.69) is 12.7 Å². The number of phenols is 1. The second-order valence-corrected chi connectivity index (χ2v) is 3.73. The Kier molecular flexibility index (Phi) is 3.46. The molecule has 1 aliphatic heterocycles. The first kappa shape index (κ1) is 11.3. The van der Waals surface area contributed by atoms with E-state index in [1.54, 1.807) is 24.3 Å². The first-order valence-corrected chi connectivity index (χ1v) is 5.44. The standard InChI is InChI=1S/C9H8O.C6H6O/c1-7-5-6-8-3-2-4-9(8)10-7;7-6-4-2-1-3-5-6/h2-4,6H,1,5H2;1-5,7H. The first-order chi connectivity index (χ1) is 8.25. The Morgan fingerprint density at radius 1 is 1.18 bits per heavy atom. The Balaban J connectivity index is 0.000000136. The van der Waals surface area contributed by atoms with Gasteiger partial charge in [0.2, 0.25) is 0 Å². The summed E-state index contributed by atoms with van der Waals surface area (Å²) >= 11 is 0. The highest BCUT2D eigenvalue weighted by Gasteiger charge is 2.13. The fourth-order valence-corrected chi connectivity index (χ4v) is 1.53. The average Bonchev–Trinajstić information content (AvgIpc) is 2.78. The predicted octanol–water partition coefficient (Wildman–Crippen LogP) is 3.69. The van der Waals surface area contributed by atoms with Gasteiger partial charge >= 0.3 is 0 Å². The van der Waals surface area contributed by atoms with Gasteiger partial charge in [-0.3, -0.25) is 0 Å². The number of allylic oxidation sites excluding steroid dienone is 4. The Morgan fingerprint density at radius 2 is 1.94 bits per heavy atom. The molecule has 0 bridgehead atoms. The molecule has 1 aromatic rings. The van der Waals surface area contributed by atoms with E-state index in [1.165, 1.54) is 5.57 Å². The molecule has 0 aromatic heterocycles. The lowest BCUT2D eigenvalue weighted by Gasteiger charge is -2.14. The second kappa shape index (κ2) is 5.21. The molecule has 0 spiro atoms. The van der Waals surface area contributed by atoms with Crippen LogP contribution in [0.3, 0.4) is 0 Å². The van der Waals surface area contributed by atoms with Gasteiger partial charge in [-0.2, -0.15) is 0 Å². The van der Waals surface area contributed by atoms with Crippen molar-refractivity contribution in [2.24, 2.45) is 0 Å². The second-order valence-electron chi connectivity index (χ2n) is 3.73. The van der Waals surface area contributed by atoms with Gasteiger partial charge in [-0.05, 0) is 18.2 Å². The first-order valence-electron chi connectivity index (χ1n) is 5.44. The Morgan fingerprint density at radius 3 is 2.59 bits per heavy atom. The number of benzene rings is 1. The fourth-order valence-electron chi connectivity index (χ4n) is 1.53. The molecule has 17 heavy (non-hydrogen) atoms. The van der Waals surface area contributed by atoms with Crippen LogP contribution in [0.2, 0.25) is 0 Å². The monoisotopic (exact) mass is 226 g/mol. The molecule has 3 rings (SSSR count). The molecular weight excluding hydrogens is 212 g/mol. The van der Waals surface area contributed by atoms with E-state index in [9.17, 15) is 0 Å². The zero-order valence-electron chi connectivity index (χ0n) is 9.47. The third kappa shape index (κ3) is 3.11. The lowest BCUT2D eigenvalue weighted by Crippen LogP contribution is -1.97. The van der Waals surface area contributed by atoms with E-state index in [1.807, 2.05) is 24.3 Å². The SMILES string of the molecule is C=C1CC=C2C=CC=C2O1.Oc1ccccc1. The van der Waals surface area contributed by atoms with Gasteiger partial charge in [-0.1, -0.05) is 43.0 Å². The van der Waals surface area contributed by atoms with Gasteiger partial charge in [0.25, 0.3) is 0 Å². The van der Waals surface area contributed by atoms with E-state index in [4.69, 9.17) is 9.84 Å². The summed E-state index contributed by atoms with van der Waals surface area (Å²) in [6.07, 6.45) is 8.95. The van der Waals surface area contributed by atoms with Crippen LogP contribution in [-0.4, -0.2) is 5.11 Å². The third-order valence-corrected chi connectivity index (χ3v) is 2.37. The van der Waals surface area contributed by atoms with Crippen LogP contribution in [0.4, 0.5) is 0 Å². The maximum atomic E-state index is 8.63. The van der Waals surface area contributed by atoms with Crippen LogP contribution in [0.15, 0.2) is 78.3 Å². The van der Waals surface area contributed by atoms with E-state index in [0.29, 0.717) is 5.75 Å². The van der Waals surface area contributed by atoms with Crippen molar-refractivity contribution in [2.45, 2.75) is 6.42 Å². The Bertz CT molecular complexity index is 493. The molecular formula is C15H14O2. The van der Waals surface area contributed by atoms with Gasteiger partial charge in [-0.15, -0.1) is 0 Å². The zero-order valence-corrected chi connectivity index (χ0v) is 9.47. The number of hydrogen-bond donors (Lipinski definition) is 1. The van der Waals surface area contributed by atoms with Crippen molar-refractivity contribution in [3.05, 3.63) is 78.3 Å². The molecule has 1 aliphatic carbocycles. The highest BCUT2D eigenvalue weighted by molar-refractivity contribution is 5.47. The van der Waals surface area contributed by atoms with Gasteiger partial charge in [0, 0.05) is 12.0 Å². The average molecular weight is 226 g/mol. The Hall–Kier alpha value is -2.22. The molecule has 0 saturated heterocycles. The van der Waals surface area contributed by atoms with Gasteiger partial charge < -0.3 is 9.84 Å². The van der Waals surface area contributed by atoms with E-state index in [-0.39, 0.29) is 0 Å². The summed E-state index contributed by atoms with van der Waals surface area (Å²) in [6, 6.07) is 8.71. The molecule has 0 amide bonds. The van der Waals surface area contributed by atoms with Crippen LogP contribution >= 0.6 is 0 Å². The largest absolute Gasteiger partial charge is 0.508 e. The van der Waals surface area contributed by atoms with E-state index < -0.39 is 0 Å². The van der Waals surface area contributed by atoms with Crippen molar-refractivity contribution in [3.63, 3.8) is 0 Å². The maximum Gasteiger partial charge on any atom is 0.133 e. The lowest BCUT2D eigenvalue weighted by molar-refractivity contribution is 0.303. The van der Waals surface area contributed by atoms with Crippen molar-refractivity contribution in [1.82, 2.24) is 0 Å². The smallest absolute Gasteiger partial charge is 0.133 e. The van der Waals surface area contributed by atoms with Crippen LogP contribution in [0, 0.1) is 0 Å². The number of phenolic OH excluding ortho intramolecular Hbond substituents is 1. The van der Waals surface area contributed by atoms with E-state index >= 15 is 0 Å². The van der Waals surface area contributed by atoms with Crippen molar-refractivity contribution < 1.29 is 9.84 Å². The van der Waals surface area contributed by atoms with Crippen LogP contribution in [0.25, 0.3) is 0 Å². The molecule has 2 heteroatoms. The van der Waals surface area contributed by atoms with Gasteiger partial charge in [-0.25, -0.2) is 0 Å². The summed E-state index contributed by atoms with van der Waals surface area (Å²) in [5.74, 6) is 2.09. The number of para-hydroxylation sites is 1. The van der Waals surface area contributed by atoms with Crippen molar-refractivity contribution in [3.8, 4) is 5.75 Å². The topological polar surface area (TPSA) is 29.5 Å².